The van der Waals surface area contributed by atoms with Gasteiger partial charge in [-0.15, -0.1) is 0 Å². The van der Waals surface area contributed by atoms with Crippen LogP contribution in [0.1, 0.15) is 25.7 Å². The molecule has 3 N–H and O–H groups in total. The average molecular weight is 319 g/mol. The average Bonchev–Trinajstić information content (AvgIpc) is 2.88. The second-order valence-corrected chi connectivity index (χ2v) is 7.17. The summed E-state index contributed by atoms with van der Waals surface area (Å²) in [5, 5.41) is 9.29. The van der Waals surface area contributed by atoms with Crippen molar-refractivity contribution >= 4 is 27.3 Å². The Labute approximate surface area is 124 Å². The number of hydrogen-bond acceptors (Lipinski definition) is 4. The number of anilines is 1. The molecule has 2 rings (SSSR count). The van der Waals surface area contributed by atoms with Crippen LogP contribution in [0.2, 0.25) is 5.02 Å². The lowest BCUT2D eigenvalue weighted by molar-refractivity contribution is 0.226. The van der Waals surface area contributed by atoms with Crippen molar-refractivity contribution in [2.24, 2.45) is 0 Å². The molecule has 0 unspecified atom stereocenters. The first-order chi connectivity index (χ1) is 9.48. The molecule has 1 aromatic carbocycles. The molecule has 0 bridgehead atoms. The third kappa shape index (κ3) is 2.93. The number of aliphatic hydroxyl groups is 1. The Balaban J connectivity index is 2.45. The van der Waals surface area contributed by atoms with Crippen LogP contribution in [-0.4, -0.2) is 37.0 Å². The van der Waals surface area contributed by atoms with Gasteiger partial charge in [-0.25, -0.2) is 8.42 Å². The van der Waals surface area contributed by atoms with Gasteiger partial charge < -0.3 is 10.8 Å². The van der Waals surface area contributed by atoms with E-state index in [0.29, 0.717) is 0 Å². The first-order valence-electron chi connectivity index (χ1n) is 6.65. The third-order valence-corrected chi connectivity index (χ3v) is 6.11. The van der Waals surface area contributed by atoms with Gasteiger partial charge in [-0.3, -0.25) is 0 Å². The Hall–Kier alpha value is -0.820. The van der Waals surface area contributed by atoms with Crippen LogP contribution in [0.3, 0.4) is 0 Å². The number of aliphatic hydroxyl groups excluding tert-OH is 1. The minimum atomic E-state index is -3.79. The van der Waals surface area contributed by atoms with Crippen LogP contribution in [0, 0.1) is 0 Å². The van der Waals surface area contributed by atoms with Crippen LogP contribution in [0.15, 0.2) is 23.1 Å². The Morgan fingerprint density at radius 2 is 2.00 bits per heavy atom. The summed E-state index contributed by atoms with van der Waals surface area (Å²) in [7, 11) is -3.79. The highest BCUT2D eigenvalue weighted by Crippen LogP contribution is 2.34. The molecule has 0 heterocycles. The van der Waals surface area contributed by atoms with Gasteiger partial charge in [0.15, 0.2) is 0 Å². The fraction of sp³-hybridized carbons (Fsp3) is 0.538. The Morgan fingerprint density at radius 1 is 1.35 bits per heavy atom. The van der Waals surface area contributed by atoms with Gasteiger partial charge in [0, 0.05) is 12.6 Å². The summed E-state index contributed by atoms with van der Waals surface area (Å²) in [6.07, 6.45) is 3.62. The Bertz CT molecular complexity index is 551. The van der Waals surface area contributed by atoms with E-state index in [-0.39, 0.29) is 34.8 Å². The van der Waals surface area contributed by atoms with E-state index in [9.17, 15) is 13.5 Å². The van der Waals surface area contributed by atoms with Gasteiger partial charge in [0.05, 0.1) is 17.3 Å². The monoisotopic (exact) mass is 318 g/mol. The molecule has 112 valence electrons. The van der Waals surface area contributed by atoms with Gasteiger partial charge in [-0.2, -0.15) is 4.31 Å². The highest BCUT2D eigenvalue weighted by molar-refractivity contribution is 7.89. The lowest BCUT2D eigenvalue weighted by atomic mass is 10.2. The summed E-state index contributed by atoms with van der Waals surface area (Å²) >= 11 is 6.02. The maximum atomic E-state index is 12.8. The highest BCUT2D eigenvalue weighted by Gasteiger charge is 2.35. The molecule has 0 saturated heterocycles. The van der Waals surface area contributed by atoms with Crippen molar-refractivity contribution in [2.75, 3.05) is 18.9 Å². The number of halogens is 1. The van der Waals surface area contributed by atoms with Crippen LogP contribution in [0.25, 0.3) is 0 Å². The fourth-order valence-electron chi connectivity index (χ4n) is 2.70. The lowest BCUT2D eigenvalue weighted by Gasteiger charge is -2.28. The van der Waals surface area contributed by atoms with Gasteiger partial charge in [0.1, 0.15) is 4.90 Å². The number of hydrogen-bond donors (Lipinski definition) is 2. The third-order valence-electron chi connectivity index (χ3n) is 3.62. The predicted octanol–water partition coefficient (Wildman–Crippen LogP) is 1.85. The smallest absolute Gasteiger partial charge is 0.246 e. The molecule has 1 aliphatic carbocycles. The zero-order chi connectivity index (χ0) is 14.8. The number of rotatable bonds is 5. The van der Waals surface area contributed by atoms with E-state index in [1.165, 1.54) is 16.4 Å². The normalized spacial score (nSPS) is 16.9. The standard InChI is InChI=1S/C13H19ClN2O3S/c14-11-6-3-7-12(15)13(11)20(18,19)16(8-9-17)10-4-1-2-5-10/h3,6-7,10,17H,1-2,4-5,8-9,15H2. The number of benzene rings is 1. The zero-order valence-electron chi connectivity index (χ0n) is 11.1. The summed E-state index contributed by atoms with van der Waals surface area (Å²) in [5.74, 6) is 0. The Morgan fingerprint density at radius 3 is 2.55 bits per heavy atom. The number of nitrogens with zero attached hydrogens (tertiary/aromatic N) is 1. The fourth-order valence-corrected chi connectivity index (χ4v) is 5.02. The van der Waals surface area contributed by atoms with E-state index in [1.807, 2.05) is 0 Å². The van der Waals surface area contributed by atoms with Gasteiger partial charge in [-0.05, 0) is 25.0 Å². The first-order valence-corrected chi connectivity index (χ1v) is 8.47. The van der Waals surface area contributed by atoms with E-state index < -0.39 is 10.0 Å². The SMILES string of the molecule is Nc1cccc(Cl)c1S(=O)(=O)N(CCO)C1CCCC1. The molecule has 0 amide bonds. The zero-order valence-corrected chi connectivity index (χ0v) is 12.7. The van der Waals surface area contributed by atoms with E-state index in [4.69, 9.17) is 17.3 Å². The topological polar surface area (TPSA) is 83.6 Å². The lowest BCUT2D eigenvalue weighted by Crippen LogP contribution is -2.41. The molecule has 0 aromatic heterocycles. The molecule has 0 radical (unpaired) electrons. The van der Waals surface area contributed by atoms with Crippen LogP contribution >= 0.6 is 11.6 Å². The molecule has 0 atom stereocenters. The number of sulfonamides is 1. The Kier molecular flexibility index (Phi) is 4.90. The van der Waals surface area contributed by atoms with Crippen molar-refractivity contribution in [3.63, 3.8) is 0 Å². The second kappa shape index (κ2) is 6.30. The van der Waals surface area contributed by atoms with Crippen molar-refractivity contribution in [3.05, 3.63) is 23.2 Å². The summed E-state index contributed by atoms with van der Waals surface area (Å²) in [5.41, 5.74) is 5.92. The molecule has 1 fully saturated rings. The molecular formula is C13H19ClN2O3S. The van der Waals surface area contributed by atoms with Gasteiger partial charge in [0.2, 0.25) is 10.0 Å². The molecule has 0 spiro atoms. The van der Waals surface area contributed by atoms with E-state index in [1.54, 1.807) is 6.07 Å². The van der Waals surface area contributed by atoms with Crippen molar-refractivity contribution in [2.45, 2.75) is 36.6 Å². The van der Waals surface area contributed by atoms with Crippen LogP contribution in [0.4, 0.5) is 5.69 Å². The molecule has 1 aliphatic rings. The minimum Gasteiger partial charge on any atom is -0.398 e. The maximum absolute atomic E-state index is 12.8. The van der Waals surface area contributed by atoms with Crippen molar-refractivity contribution < 1.29 is 13.5 Å². The minimum absolute atomic E-state index is 0.0537. The molecule has 1 saturated carbocycles. The van der Waals surface area contributed by atoms with E-state index in [0.717, 1.165) is 25.7 Å². The van der Waals surface area contributed by atoms with Crippen molar-refractivity contribution in [1.29, 1.82) is 0 Å². The van der Waals surface area contributed by atoms with Crippen molar-refractivity contribution in [3.8, 4) is 0 Å². The summed E-state index contributed by atoms with van der Waals surface area (Å²) in [6, 6.07) is 4.56. The quantitative estimate of drug-likeness (QED) is 0.811. The van der Waals surface area contributed by atoms with Gasteiger partial charge >= 0.3 is 0 Å². The molecule has 20 heavy (non-hydrogen) atoms. The second-order valence-electron chi connectivity index (χ2n) is 4.94. The van der Waals surface area contributed by atoms with Crippen LogP contribution in [0.5, 0.6) is 0 Å². The molecule has 0 aliphatic heterocycles. The van der Waals surface area contributed by atoms with Gasteiger partial charge in [-0.1, -0.05) is 30.5 Å². The summed E-state index contributed by atoms with van der Waals surface area (Å²) < 4.78 is 26.9. The van der Waals surface area contributed by atoms with Crippen LogP contribution in [-0.2, 0) is 10.0 Å². The van der Waals surface area contributed by atoms with Crippen LogP contribution < -0.4 is 5.73 Å². The number of nitrogen functional groups attached to an aromatic ring is 1. The number of nitrogens with two attached hydrogens (primary N) is 1. The largest absolute Gasteiger partial charge is 0.398 e. The highest BCUT2D eigenvalue weighted by atomic mass is 35.5. The summed E-state index contributed by atoms with van der Waals surface area (Å²) in [4.78, 5) is -0.0537. The van der Waals surface area contributed by atoms with Gasteiger partial charge in [0.25, 0.3) is 0 Å². The molecular weight excluding hydrogens is 300 g/mol. The first kappa shape index (κ1) is 15.6. The van der Waals surface area contributed by atoms with E-state index in [2.05, 4.69) is 0 Å². The predicted molar refractivity (Wildman–Crippen MR) is 79.1 cm³/mol. The molecule has 5 nitrogen and oxygen atoms in total. The summed E-state index contributed by atoms with van der Waals surface area (Å²) in [6.45, 7) is -0.155. The van der Waals surface area contributed by atoms with Crippen molar-refractivity contribution in [1.82, 2.24) is 4.31 Å². The molecule has 1 aromatic rings. The van der Waals surface area contributed by atoms with E-state index >= 15 is 0 Å². The maximum Gasteiger partial charge on any atom is 0.246 e. The molecule has 7 heteroatoms.